The van der Waals surface area contributed by atoms with Crippen molar-refractivity contribution in [1.82, 2.24) is 4.98 Å². The lowest BCUT2D eigenvalue weighted by Gasteiger charge is -2.25. The van der Waals surface area contributed by atoms with Gasteiger partial charge in [0, 0.05) is 19.3 Å². The Morgan fingerprint density at radius 3 is 2.82 bits per heavy atom. The summed E-state index contributed by atoms with van der Waals surface area (Å²) in [6.45, 7) is 5.26. The van der Waals surface area contributed by atoms with Crippen LogP contribution in [0.5, 0.6) is 0 Å². The van der Waals surface area contributed by atoms with Gasteiger partial charge in [0.2, 0.25) is 0 Å². The van der Waals surface area contributed by atoms with Gasteiger partial charge in [0.25, 0.3) is 0 Å². The third kappa shape index (κ3) is 4.79. The van der Waals surface area contributed by atoms with Crippen LogP contribution >= 0.6 is 11.6 Å². The van der Waals surface area contributed by atoms with Crippen LogP contribution in [0.15, 0.2) is 12.3 Å². The van der Waals surface area contributed by atoms with Gasteiger partial charge in [-0.15, -0.1) is 0 Å². The molecule has 0 spiro atoms. The Morgan fingerprint density at radius 1 is 1.53 bits per heavy atom. The standard InChI is InChI=1S/C12H20ClN3O/c1-12(2,4-3-5-17)8-16-11-10(14)6-9(13)7-15-11/h6-7,17H,3-5,8,14H2,1-2H3,(H,15,16). The number of nitrogens with one attached hydrogen (secondary N) is 1. The molecule has 96 valence electrons. The largest absolute Gasteiger partial charge is 0.396 e. The van der Waals surface area contributed by atoms with Crippen molar-refractivity contribution in [1.29, 1.82) is 0 Å². The van der Waals surface area contributed by atoms with Crippen LogP contribution in [-0.2, 0) is 0 Å². The van der Waals surface area contributed by atoms with E-state index < -0.39 is 0 Å². The molecule has 0 saturated heterocycles. The maximum atomic E-state index is 8.82. The molecule has 4 nitrogen and oxygen atoms in total. The molecule has 0 radical (unpaired) electrons. The van der Waals surface area contributed by atoms with Crippen molar-refractivity contribution in [3.05, 3.63) is 17.3 Å². The van der Waals surface area contributed by atoms with Gasteiger partial charge in [-0.3, -0.25) is 0 Å². The van der Waals surface area contributed by atoms with E-state index in [0.29, 0.717) is 16.5 Å². The van der Waals surface area contributed by atoms with Crippen molar-refractivity contribution < 1.29 is 5.11 Å². The summed E-state index contributed by atoms with van der Waals surface area (Å²) in [4.78, 5) is 4.14. The molecule has 0 unspecified atom stereocenters. The number of nitrogens with zero attached hydrogens (tertiary/aromatic N) is 1. The van der Waals surface area contributed by atoms with Crippen molar-refractivity contribution in [2.75, 3.05) is 24.2 Å². The zero-order valence-corrected chi connectivity index (χ0v) is 11.1. The van der Waals surface area contributed by atoms with Gasteiger partial charge in [0.1, 0.15) is 5.82 Å². The smallest absolute Gasteiger partial charge is 0.149 e. The molecule has 1 aromatic heterocycles. The zero-order chi connectivity index (χ0) is 12.9. The number of nitrogen functional groups attached to an aromatic ring is 1. The first kappa shape index (κ1) is 14.1. The lowest BCUT2D eigenvalue weighted by molar-refractivity contribution is 0.248. The molecule has 1 aromatic rings. The maximum absolute atomic E-state index is 8.82. The van der Waals surface area contributed by atoms with Gasteiger partial charge in [0.15, 0.2) is 0 Å². The molecule has 0 atom stereocenters. The van der Waals surface area contributed by atoms with E-state index in [1.807, 2.05) is 0 Å². The summed E-state index contributed by atoms with van der Waals surface area (Å²) < 4.78 is 0. The third-order valence-electron chi connectivity index (χ3n) is 2.63. The first-order chi connectivity index (χ1) is 7.94. The molecule has 17 heavy (non-hydrogen) atoms. The van der Waals surface area contributed by atoms with Gasteiger partial charge in [-0.1, -0.05) is 25.4 Å². The number of aliphatic hydroxyl groups excluding tert-OH is 1. The molecule has 0 bridgehead atoms. The van der Waals surface area contributed by atoms with Crippen molar-refractivity contribution in [3.8, 4) is 0 Å². The molecular formula is C12H20ClN3O. The van der Waals surface area contributed by atoms with Crippen molar-refractivity contribution in [2.45, 2.75) is 26.7 Å². The Morgan fingerprint density at radius 2 is 2.24 bits per heavy atom. The van der Waals surface area contributed by atoms with Gasteiger partial charge in [-0.2, -0.15) is 0 Å². The predicted molar refractivity (Wildman–Crippen MR) is 72.2 cm³/mol. The third-order valence-corrected chi connectivity index (χ3v) is 2.84. The highest BCUT2D eigenvalue weighted by atomic mass is 35.5. The van der Waals surface area contributed by atoms with E-state index in [2.05, 4.69) is 24.1 Å². The normalized spacial score (nSPS) is 11.5. The minimum atomic E-state index is 0.0937. The summed E-state index contributed by atoms with van der Waals surface area (Å²) in [7, 11) is 0. The topological polar surface area (TPSA) is 71.2 Å². The number of halogens is 1. The fourth-order valence-electron chi connectivity index (χ4n) is 1.57. The molecule has 0 aliphatic carbocycles. The van der Waals surface area contributed by atoms with E-state index in [-0.39, 0.29) is 12.0 Å². The van der Waals surface area contributed by atoms with Gasteiger partial charge < -0.3 is 16.2 Å². The Kier molecular flexibility index (Phi) is 5.02. The number of hydrogen-bond donors (Lipinski definition) is 3. The lowest BCUT2D eigenvalue weighted by Crippen LogP contribution is -2.24. The Hall–Kier alpha value is -1.00. The summed E-state index contributed by atoms with van der Waals surface area (Å²) in [5, 5.41) is 12.6. The molecule has 5 heteroatoms. The van der Waals surface area contributed by atoms with Crippen molar-refractivity contribution in [3.63, 3.8) is 0 Å². The van der Waals surface area contributed by atoms with Crippen LogP contribution in [0.1, 0.15) is 26.7 Å². The lowest BCUT2D eigenvalue weighted by atomic mass is 9.88. The van der Waals surface area contributed by atoms with E-state index in [1.165, 1.54) is 0 Å². The van der Waals surface area contributed by atoms with Crippen LogP contribution in [-0.4, -0.2) is 23.2 Å². The summed E-state index contributed by atoms with van der Waals surface area (Å²) in [6, 6.07) is 1.68. The first-order valence-electron chi connectivity index (χ1n) is 5.70. The van der Waals surface area contributed by atoms with E-state index in [4.69, 9.17) is 22.4 Å². The number of pyridine rings is 1. The molecular weight excluding hydrogens is 238 g/mol. The molecule has 4 N–H and O–H groups in total. The van der Waals surface area contributed by atoms with Crippen LogP contribution in [0.25, 0.3) is 0 Å². The molecule has 0 saturated carbocycles. The number of hydrogen-bond acceptors (Lipinski definition) is 4. The summed E-state index contributed by atoms with van der Waals surface area (Å²) in [6.07, 6.45) is 3.32. The summed E-state index contributed by atoms with van der Waals surface area (Å²) >= 11 is 5.78. The molecule has 1 heterocycles. The summed E-state index contributed by atoms with van der Waals surface area (Å²) in [5.74, 6) is 0.659. The average molecular weight is 258 g/mol. The second kappa shape index (κ2) is 6.07. The van der Waals surface area contributed by atoms with E-state index in [0.717, 1.165) is 19.4 Å². The van der Waals surface area contributed by atoms with Crippen LogP contribution in [0.4, 0.5) is 11.5 Å². The number of aromatic nitrogens is 1. The maximum Gasteiger partial charge on any atom is 0.149 e. The molecule has 0 aliphatic rings. The average Bonchev–Trinajstić information content (AvgIpc) is 2.25. The van der Waals surface area contributed by atoms with Gasteiger partial charge in [-0.05, 0) is 24.3 Å². The monoisotopic (exact) mass is 257 g/mol. The molecule has 1 rings (SSSR count). The Labute approximate surface area is 107 Å². The number of anilines is 2. The highest BCUT2D eigenvalue weighted by Crippen LogP contribution is 2.25. The fraction of sp³-hybridized carbons (Fsp3) is 0.583. The van der Waals surface area contributed by atoms with Crippen LogP contribution in [0, 0.1) is 5.41 Å². The highest BCUT2D eigenvalue weighted by molar-refractivity contribution is 6.30. The number of rotatable bonds is 6. The van der Waals surface area contributed by atoms with Crippen molar-refractivity contribution in [2.24, 2.45) is 5.41 Å². The second-order valence-corrected chi connectivity index (χ2v) is 5.37. The number of aliphatic hydroxyl groups is 1. The minimum Gasteiger partial charge on any atom is -0.396 e. The minimum absolute atomic E-state index is 0.0937. The Bertz CT molecular complexity index is 369. The second-order valence-electron chi connectivity index (χ2n) is 4.94. The molecule has 0 amide bonds. The Balaban J connectivity index is 2.54. The molecule has 0 aliphatic heterocycles. The zero-order valence-electron chi connectivity index (χ0n) is 10.3. The molecule has 0 fully saturated rings. The van der Waals surface area contributed by atoms with E-state index in [1.54, 1.807) is 12.3 Å². The van der Waals surface area contributed by atoms with Gasteiger partial charge in [-0.25, -0.2) is 4.98 Å². The highest BCUT2D eigenvalue weighted by Gasteiger charge is 2.17. The van der Waals surface area contributed by atoms with E-state index >= 15 is 0 Å². The van der Waals surface area contributed by atoms with Crippen LogP contribution < -0.4 is 11.1 Å². The van der Waals surface area contributed by atoms with Gasteiger partial charge >= 0.3 is 0 Å². The van der Waals surface area contributed by atoms with Crippen LogP contribution in [0.2, 0.25) is 5.02 Å². The SMILES string of the molecule is CC(C)(CCCO)CNc1ncc(Cl)cc1N. The quantitative estimate of drug-likeness (QED) is 0.732. The predicted octanol–water partition coefficient (Wildman–Crippen LogP) is 2.53. The van der Waals surface area contributed by atoms with Gasteiger partial charge in [0.05, 0.1) is 10.7 Å². The summed E-state index contributed by atoms with van der Waals surface area (Å²) in [5.41, 5.74) is 6.45. The fourth-order valence-corrected chi connectivity index (χ4v) is 1.74. The number of nitrogens with two attached hydrogens (primary N) is 1. The molecule has 0 aromatic carbocycles. The first-order valence-corrected chi connectivity index (χ1v) is 6.08. The van der Waals surface area contributed by atoms with E-state index in [9.17, 15) is 0 Å². The van der Waals surface area contributed by atoms with Crippen molar-refractivity contribution >= 4 is 23.1 Å². The van der Waals surface area contributed by atoms with Crippen LogP contribution in [0.3, 0.4) is 0 Å².